The summed E-state index contributed by atoms with van der Waals surface area (Å²) in [7, 11) is 0. The summed E-state index contributed by atoms with van der Waals surface area (Å²) in [6.07, 6.45) is -5.84. The van der Waals surface area contributed by atoms with E-state index in [1.165, 1.54) is 0 Å². The lowest BCUT2D eigenvalue weighted by Crippen LogP contribution is -2.37. The van der Waals surface area contributed by atoms with E-state index in [-0.39, 0.29) is 0 Å². The zero-order valence-corrected chi connectivity index (χ0v) is 3.34. The molecule has 0 spiro atoms. The van der Waals surface area contributed by atoms with Crippen LogP contribution in [0.15, 0.2) is 0 Å². The van der Waals surface area contributed by atoms with Crippen LogP contribution in [0.4, 0.5) is 22.0 Å². The maximum atomic E-state index is 10.7. The molecule has 0 aliphatic carbocycles. The van der Waals surface area contributed by atoms with E-state index in [4.69, 9.17) is 5.73 Å². The zero-order valence-electron chi connectivity index (χ0n) is 3.34. The molecule has 2 radical (unpaired) electrons. The summed E-state index contributed by atoms with van der Waals surface area (Å²) >= 11 is 0. The van der Waals surface area contributed by atoms with Gasteiger partial charge in [0.15, 0.2) is 0 Å². The summed E-state index contributed by atoms with van der Waals surface area (Å²) in [6.45, 7) is 0. The van der Waals surface area contributed by atoms with Gasteiger partial charge < -0.3 is 0 Å². The Balaban J connectivity index is 4.02. The van der Waals surface area contributed by atoms with Gasteiger partial charge in [-0.3, -0.25) is 0 Å². The van der Waals surface area contributed by atoms with Gasteiger partial charge in [-0.1, -0.05) is 5.73 Å². The molecular formula is C2F5N. The van der Waals surface area contributed by atoms with Gasteiger partial charge in [0.05, 0.1) is 0 Å². The third-order valence-corrected chi connectivity index (χ3v) is 0.341. The third kappa shape index (κ3) is 1.61. The highest BCUT2D eigenvalue weighted by atomic mass is 19.4. The van der Waals surface area contributed by atoms with Crippen molar-refractivity contribution >= 4 is 0 Å². The molecule has 0 aromatic heterocycles. The van der Waals surface area contributed by atoms with Crippen molar-refractivity contribution in [2.24, 2.45) is 0 Å². The second-order valence-electron chi connectivity index (χ2n) is 1.04. The van der Waals surface area contributed by atoms with Crippen LogP contribution in [-0.2, 0) is 0 Å². The molecule has 0 aromatic carbocycles. The van der Waals surface area contributed by atoms with Gasteiger partial charge in [0.25, 0.3) is 0 Å². The standard InChI is InChI=1S/C2F5N/c3-1(4,5)2(6,7)8. The SMILES string of the molecule is [N]C(F)(F)C(F)(F)F. The Kier molecular flexibility index (Phi) is 1.47. The summed E-state index contributed by atoms with van der Waals surface area (Å²) in [6, 6.07) is -5.56. The van der Waals surface area contributed by atoms with E-state index in [2.05, 4.69) is 0 Å². The van der Waals surface area contributed by atoms with Gasteiger partial charge in [-0.2, -0.15) is 22.0 Å². The molecule has 6 heteroatoms. The largest absolute Gasteiger partial charge is 0.472 e. The lowest BCUT2D eigenvalue weighted by Gasteiger charge is -2.09. The molecule has 0 heterocycles. The number of rotatable bonds is 0. The average Bonchev–Trinajstić information content (AvgIpc) is 1.25. The fourth-order valence-corrected chi connectivity index (χ4v) is 0. The Morgan fingerprint density at radius 2 is 1.00 bits per heavy atom. The van der Waals surface area contributed by atoms with Gasteiger partial charge >= 0.3 is 12.2 Å². The molecule has 0 bridgehead atoms. The van der Waals surface area contributed by atoms with Crippen LogP contribution in [0.25, 0.3) is 0 Å². The first-order valence-electron chi connectivity index (χ1n) is 1.42. The fourth-order valence-electron chi connectivity index (χ4n) is 0. The number of alkyl halides is 5. The maximum absolute atomic E-state index is 10.7. The smallest absolute Gasteiger partial charge is 0.175 e. The summed E-state index contributed by atoms with van der Waals surface area (Å²) in [5, 5.41) is 0. The van der Waals surface area contributed by atoms with E-state index < -0.39 is 12.2 Å². The van der Waals surface area contributed by atoms with Crippen molar-refractivity contribution in [3.05, 3.63) is 0 Å². The summed E-state index contributed by atoms with van der Waals surface area (Å²) in [5.74, 6) is 0. The number of nitrogens with zero attached hydrogens (tertiary/aromatic N) is 1. The van der Waals surface area contributed by atoms with E-state index in [0.717, 1.165) is 0 Å². The number of halogens is 5. The van der Waals surface area contributed by atoms with Gasteiger partial charge in [0, 0.05) is 0 Å². The highest BCUT2D eigenvalue weighted by Gasteiger charge is 2.56. The topological polar surface area (TPSA) is 22.3 Å². The Morgan fingerprint density at radius 3 is 1.00 bits per heavy atom. The number of hydrogen-bond acceptors (Lipinski definition) is 0. The van der Waals surface area contributed by atoms with E-state index in [0.29, 0.717) is 0 Å². The summed E-state index contributed by atoms with van der Waals surface area (Å²) in [5.41, 5.74) is 6.90. The molecule has 0 unspecified atom stereocenters. The summed E-state index contributed by atoms with van der Waals surface area (Å²) < 4.78 is 53.0. The first kappa shape index (κ1) is 7.61. The molecule has 0 saturated heterocycles. The highest BCUT2D eigenvalue weighted by molar-refractivity contribution is 4.64. The molecule has 0 amide bonds. The predicted octanol–water partition coefficient (Wildman–Crippen LogP) is 1.21. The first-order valence-corrected chi connectivity index (χ1v) is 1.42. The van der Waals surface area contributed by atoms with Crippen LogP contribution in [0.5, 0.6) is 0 Å². The molecule has 0 atom stereocenters. The summed E-state index contributed by atoms with van der Waals surface area (Å²) in [4.78, 5) is 0. The molecule has 48 valence electrons. The van der Waals surface area contributed by atoms with Crippen molar-refractivity contribution in [3.8, 4) is 0 Å². The van der Waals surface area contributed by atoms with E-state index in [1.807, 2.05) is 0 Å². The zero-order chi connectivity index (χ0) is 7.00. The van der Waals surface area contributed by atoms with Crippen LogP contribution >= 0.6 is 0 Å². The third-order valence-electron chi connectivity index (χ3n) is 0.341. The molecule has 1 nitrogen and oxygen atoms in total. The van der Waals surface area contributed by atoms with E-state index in [1.54, 1.807) is 0 Å². The van der Waals surface area contributed by atoms with Crippen LogP contribution < -0.4 is 5.73 Å². The molecular weight excluding hydrogens is 133 g/mol. The molecule has 0 saturated carbocycles. The van der Waals surface area contributed by atoms with Crippen LogP contribution in [0, 0.1) is 0 Å². The van der Waals surface area contributed by atoms with Gasteiger partial charge in [0.2, 0.25) is 0 Å². The molecule has 8 heavy (non-hydrogen) atoms. The molecule has 0 fully saturated rings. The molecule has 0 aromatic rings. The highest BCUT2D eigenvalue weighted by Crippen LogP contribution is 2.31. The van der Waals surface area contributed by atoms with Crippen molar-refractivity contribution in [2.75, 3.05) is 0 Å². The molecule has 0 N–H and O–H groups in total. The first-order chi connectivity index (χ1) is 3.25. The van der Waals surface area contributed by atoms with Gasteiger partial charge in [-0.05, 0) is 0 Å². The quantitative estimate of drug-likeness (QED) is 0.350. The normalized spacial score (nSPS) is 14.2. The monoisotopic (exact) mass is 133 g/mol. The lowest BCUT2D eigenvalue weighted by atomic mass is 10.6. The predicted molar refractivity (Wildman–Crippen MR) is 13.1 cm³/mol. The van der Waals surface area contributed by atoms with Crippen molar-refractivity contribution in [1.29, 1.82) is 0 Å². The van der Waals surface area contributed by atoms with Crippen molar-refractivity contribution in [2.45, 2.75) is 12.2 Å². The molecule has 0 aliphatic rings. The maximum Gasteiger partial charge on any atom is 0.472 e. The van der Waals surface area contributed by atoms with Crippen molar-refractivity contribution in [3.63, 3.8) is 0 Å². The van der Waals surface area contributed by atoms with Crippen LogP contribution in [-0.4, -0.2) is 12.2 Å². The van der Waals surface area contributed by atoms with Gasteiger partial charge in [0.1, 0.15) is 0 Å². The fraction of sp³-hybridized carbons (Fsp3) is 1.00. The Hall–Kier alpha value is -0.390. The minimum atomic E-state index is -5.84. The molecule has 0 rings (SSSR count). The van der Waals surface area contributed by atoms with Crippen LogP contribution in [0.1, 0.15) is 0 Å². The van der Waals surface area contributed by atoms with E-state index >= 15 is 0 Å². The number of hydrogen-bond donors (Lipinski definition) is 0. The minimum absolute atomic E-state index is 5.56. The second kappa shape index (κ2) is 1.54. The van der Waals surface area contributed by atoms with Gasteiger partial charge in [-0.15, -0.1) is 0 Å². The minimum Gasteiger partial charge on any atom is -0.175 e. The lowest BCUT2D eigenvalue weighted by molar-refractivity contribution is -0.283. The van der Waals surface area contributed by atoms with Crippen LogP contribution in [0.3, 0.4) is 0 Å². The Labute approximate surface area is 41.3 Å². The van der Waals surface area contributed by atoms with Crippen molar-refractivity contribution in [1.82, 2.24) is 5.73 Å². The Morgan fingerprint density at radius 1 is 0.875 bits per heavy atom. The average molecular weight is 133 g/mol. The van der Waals surface area contributed by atoms with E-state index in [9.17, 15) is 22.0 Å². The van der Waals surface area contributed by atoms with Gasteiger partial charge in [-0.25, -0.2) is 0 Å². The van der Waals surface area contributed by atoms with Crippen molar-refractivity contribution < 1.29 is 22.0 Å². The van der Waals surface area contributed by atoms with Crippen LogP contribution in [0.2, 0.25) is 0 Å². The Bertz CT molecular complexity index is 65.4. The molecule has 0 aliphatic heterocycles. The second-order valence-corrected chi connectivity index (χ2v) is 1.04.